The van der Waals surface area contributed by atoms with Gasteiger partial charge >= 0.3 is 0 Å². The molecule has 1 aromatic carbocycles. The number of fused-ring (bicyclic) bond motifs is 1. The Morgan fingerprint density at radius 2 is 1.90 bits per heavy atom. The summed E-state index contributed by atoms with van der Waals surface area (Å²) in [5.41, 5.74) is 4.02. The highest BCUT2D eigenvalue weighted by Gasteiger charge is 2.12. The van der Waals surface area contributed by atoms with Crippen LogP contribution in [0, 0.1) is 13.8 Å². The summed E-state index contributed by atoms with van der Waals surface area (Å²) in [6.07, 6.45) is 0. The van der Waals surface area contributed by atoms with Crippen LogP contribution in [0.2, 0.25) is 0 Å². The second-order valence-electron chi connectivity index (χ2n) is 4.64. The molecule has 0 aliphatic carbocycles. The van der Waals surface area contributed by atoms with Crippen molar-refractivity contribution in [1.29, 1.82) is 0 Å². The smallest absolute Gasteiger partial charge is 0.291 e. The van der Waals surface area contributed by atoms with E-state index in [0.29, 0.717) is 11.5 Å². The second kappa shape index (κ2) is 4.77. The first-order valence-corrected chi connectivity index (χ1v) is 6.34. The lowest BCUT2D eigenvalue weighted by molar-refractivity contribution is 0.101. The van der Waals surface area contributed by atoms with E-state index in [0.717, 1.165) is 22.4 Å². The number of anilines is 1. The number of carbonyl (C=O) groups excluding carboxylic acids is 1. The highest BCUT2D eigenvalue weighted by molar-refractivity contribution is 6.03. The Morgan fingerprint density at radius 1 is 1.10 bits per heavy atom. The maximum atomic E-state index is 12.2. The molecule has 100 valence electrons. The minimum atomic E-state index is -0.269. The Balaban J connectivity index is 1.89. The van der Waals surface area contributed by atoms with Gasteiger partial charge in [-0.05, 0) is 38.1 Å². The predicted octanol–water partition coefficient (Wildman–Crippen LogP) is 2.83. The molecular weight excluding hydrogens is 252 g/mol. The van der Waals surface area contributed by atoms with Crippen molar-refractivity contribution < 1.29 is 4.79 Å². The third-order valence-corrected chi connectivity index (χ3v) is 3.08. The standard InChI is InChI=1S/C15H14N4O/c1-9-7-8-11(10(2)16-9)19-15(20)14-17-12-5-3-4-6-13(12)18-14/h3-8H,1-2H3,(H,17,18)(H,19,20). The maximum Gasteiger partial charge on any atom is 0.291 e. The highest BCUT2D eigenvalue weighted by Crippen LogP contribution is 2.15. The largest absolute Gasteiger partial charge is 0.334 e. The number of amides is 1. The minimum absolute atomic E-state index is 0.269. The van der Waals surface area contributed by atoms with E-state index in [2.05, 4.69) is 20.3 Å². The van der Waals surface area contributed by atoms with Gasteiger partial charge in [0.1, 0.15) is 0 Å². The highest BCUT2D eigenvalue weighted by atomic mass is 16.2. The fraction of sp³-hybridized carbons (Fsp3) is 0.133. The van der Waals surface area contributed by atoms with Gasteiger partial charge in [0.05, 0.1) is 22.4 Å². The van der Waals surface area contributed by atoms with Gasteiger partial charge in [0.2, 0.25) is 0 Å². The molecule has 0 aliphatic rings. The quantitative estimate of drug-likeness (QED) is 0.749. The second-order valence-corrected chi connectivity index (χ2v) is 4.64. The van der Waals surface area contributed by atoms with E-state index in [9.17, 15) is 4.79 Å². The number of rotatable bonds is 2. The van der Waals surface area contributed by atoms with Crippen LogP contribution < -0.4 is 5.32 Å². The van der Waals surface area contributed by atoms with E-state index in [4.69, 9.17) is 0 Å². The summed E-state index contributed by atoms with van der Waals surface area (Å²) in [5.74, 6) is 0.0288. The average Bonchev–Trinajstić information content (AvgIpc) is 2.86. The summed E-state index contributed by atoms with van der Waals surface area (Å²) in [6, 6.07) is 11.2. The number of hydrogen-bond acceptors (Lipinski definition) is 3. The molecular formula is C15H14N4O. The van der Waals surface area contributed by atoms with Gasteiger partial charge in [-0.3, -0.25) is 9.78 Å². The summed E-state index contributed by atoms with van der Waals surface area (Å²) in [7, 11) is 0. The van der Waals surface area contributed by atoms with Crippen LogP contribution in [0.1, 0.15) is 22.0 Å². The molecule has 2 aromatic heterocycles. The number of aryl methyl sites for hydroxylation is 2. The molecule has 0 atom stereocenters. The van der Waals surface area contributed by atoms with Crippen LogP contribution in [-0.4, -0.2) is 20.9 Å². The summed E-state index contributed by atoms with van der Waals surface area (Å²) in [6.45, 7) is 3.78. The van der Waals surface area contributed by atoms with Gasteiger partial charge in [-0.25, -0.2) is 4.98 Å². The van der Waals surface area contributed by atoms with Gasteiger partial charge in [-0.2, -0.15) is 0 Å². The number of hydrogen-bond donors (Lipinski definition) is 2. The normalized spacial score (nSPS) is 10.7. The number of benzene rings is 1. The van der Waals surface area contributed by atoms with E-state index >= 15 is 0 Å². The summed E-state index contributed by atoms with van der Waals surface area (Å²) >= 11 is 0. The van der Waals surface area contributed by atoms with E-state index in [1.807, 2.05) is 50.2 Å². The number of nitrogens with one attached hydrogen (secondary N) is 2. The number of H-pyrrole nitrogens is 1. The monoisotopic (exact) mass is 266 g/mol. The van der Waals surface area contributed by atoms with Crippen LogP contribution in [0.5, 0.6) is 0 Å². The zero-order valence-corrected chi connectivity index (χ0v) is 11.3. The van der Waals surface area contributed by atoms with Crippen LogP contribution in [0.4, 0.5) is 5.69 Å². The molecule has 0 radical (unpaired) electrons. The lowest BCUT2D eigenvalue weighted by Crippen LogP contribution is -2.14. The minimum Gasteiger partial charge on any atom is -0.334 e. The van der Waals surface area contributed by atoms with Crippen molar-refractivity contribution >= 4 is 22.6 Å². The lowest BCUT2D eigenvalue weighted by atomic mass is 10.2. The Hall–Kier alpha value is -2.69. The molecule has 3 aromatic rings. The summed E-state index contributed by atoms with van der Waals surface area (Å²) < 4.78 is 0. The van der Waals surface area contributed by atoms with Gasteiger partial charge < -0.3 is 10.3 Å². The zero-order valence-electron chi connectivity index (χ0n) is 11.3. The molecule has 2 heterocycles. The van der Waals surface area contributed by atoms with Crippen LogP contribution in [-0.2, 0) is 0 Å². The molecule has 0 aliphatic heterocycles. The summed E-state index contributed by atoms with van der Waals surface area (Å²) in [4.78, 5) is 23.8. The number of aromatic amines is 1. The number of carbonyl (C=O) groups is 1. The van der Waals surface area contributed by atoms with Crippen molar-refractivity contribution in [1.82, 2.24) is 15.0 Å². The molecule has 0 fully saturated rings. The Kier molecular flexibility index (Phi) is 2.95. The molecule has 0 bridgehead atoms. The molecule has 2 N–H and O–H groups in total. The topological polar surface area (TPSA) is 70.7 Å². The number of nitrogens with zero attached hydrogens (tertiary/aromatic N) is 2. The molecule has 0 saturated carbocycles. The SMILES string of the molecule is Cc1ccc(NC(=O)c2nc3ccccc3[nH]2)c(C)n1. The summed E-state index contributed by atoms with van der Waals surface area (Å²) in [5, 5.41) is 2.82. The first-order valence-electron chi connectivity index (χ1n) is 6.34. The number of para-hydroxylation sites is 2. The molecule has 20 heavy (non-hydrogen) atoms. The molecule has 3 rings (SSSR count). The van der Waals surface area contributed by atoms with Crippen LogP contribution >= 0.6 is 0 Å². The average molecular weight is 266 g/mol. The first-order chi connectivity index (χ1) is 9.63. The maximum absolute atomic E-state index is 12.2. The third kappa shape index (κ3) is 2.25. The van der Waals surface area contributed by atoms with Gasteiger partial charge in [0.15, 0.2) is 5.82 Å². The van der Waals surface area contributed by atoms with Crippen LogP contribution in [0.25, 0.3) is 11.0 Å². The molecule has 5 heteroatoms. The number of pyridine rings is 1. The lowest BCUT2D eigenvalue weighted by Gasteiger charge is -2.06. The van der Waals surface area contributed by atoms with Crippen LogP contribution in [0.3, 0.4) is 0 Å². The van der Waals surface area contributed by atoms with Crippen molar-refractivity contribution in [2.24, 2.45) is 0 Å². The molecule has 1 amide bonds. The fourth-order valence-electron chi connectivity index (χ4n) is 2.06. The Bertz CT molecular complexity index is 758. The van der Waals surface area contributed by atoms with Gasteiger partial charge in [-0.1, -0.05) is 12.1 Å². The van der Waals surface area contributed by atoms with Crippen molar-refractivity contribution in [2.75, 3.05) is 5.32 Å². The van der Waals surface area contributed by atoms with E-state index in [1.165, 1.54) is 0 Å². The number of aromatic nitrogens is 3. The van der Waals surface area contributed by atoms with Crippen molar-refractivity contribution in [3.8, 4) is 0 Å². The molecule has 0 spiro atoms. The van der Waals surface area contributed by atoms with E-state index in [-0.39, 0.29) is 5.91 Å². The number of imidazole rings is 1. The molecule has 5 nitrogen and oxygen atoms in total. The van der Waals surface area contributed by atoms with Crippen molar-refractivity contribution in [3.05, 3.63) is 53.6 Å². The van der Waals surface area contributed by atoms with Gasteiger partial charge in [-0.15, -0.1) is 0 Å². The Morgan fingerprint density at radius 3 is 2.65 bits per heavy atom. The molecule has 0 saturated heterocycles. The third-order valence-electron chi connectivity index (χ3n) is 3.08. The molecule has 0 unspecified atom stereocenters. The first kappa shape index (κ1) is 12.3. The van der Waals surface area contributed by atoms with E-state index in [1.54, 1.807) is 0 Å². The van der Waals surface area contributed by atoms with Gasteiger partial charge in [0.25, 0.3) is 5.91 Å². The van der Waals surface area contributed by atoms with Gasteiger partial charge in [0, 0.05) is 5.69 Å². The van der Waals surface area contributed by atoms with Crippen molar-refractivity contribution in [2.45, 2.75) is 13.8 Å². The predicted molar refractivity (Wildman–Crippen MR) is 77.8 cm³/mol. The zero-order chi connectivity index (χ0) is 14.1. The van der Waals surface area contributed by atoms with Crippen molar-refractivity contribution in [3.63, 3.8) is 0 Å². The van der Waals surface area contributed by atoms with E-state index < -0.39 is 0 Å². The van der Waals surface area contributed by atoms with Crippen LogP contribution in [0.15, 0.2) is 36.4 Å². The Labute approximate surface area is 116 Å². The fourth-order valence-corrected chi connectivity index (χ4v) is 2.06.